The van der Waals surface area contributed by atoms with Crippen molar-refractivity contribution in [1.29, 1.82) is 0 Å². The van der Waals surface area contributed by atoms with Crippen molar-refractivity contribution in [3.05, 3.63) is 35.1 Å². The molecule has 0 aliphatic heterocycles. The number of carboxylic acid groups (broad SMARTS) is 1. The third kappa shape index (κ3) is 4.55. The molecule has 0 heterocycles. The summed E-state index contributed by atoms with van der Waals surface area (Å²) in [6, 6.07) is 0.323. The number of benzene rings is 1. The number of halogens is 3. The molecule has 0 unspecified atom stereocenters. The van der Waals surface area contributed by atoms with Crippen molar-refractivity contribution in [3.8, 4) is 0 Å². The standard InChI is InChI=1S/C13H16F3NO2/c1-7(2)3-12(13(18)19)17-6-8-4-10(15)11(16)5-9(8)14/h4-5,7,12,17H,3,6H2,1-2H3,(H,18,19)/t12-/m0/s1. The number of aliphatic carboxylic acids is 1. The van der Waals surface area contributed by atoms with Crippen molar-refractivity contribution >= 4 is 5.97 Å². The molecule has 3 nitrogen and oxygen atoms in total. The van der Waals surface area contributed by atoms with Gasteiger partial charge in [-0.05, 0) is 18.4 Å². The predicted molar refractivity (Wildman–Crippen MR) is 64.0 cm³/mol. The van der Waals surface area contributed by atoms with Crippen LogP contribution in [0.5, 0.6) is 0 Å². The van der Waals surface area contributed by atoms with Crippen LogP contribution in [0.2, 0.25) is 0 Å². The molecule has 0 spiro atoms. The summed E-state index contributed by atoms with van der Waals surface area (Å²) in [4.78, 5) is 11.0. The molecule has 1 aromatic carbocycles. The molecule has 1 atom stereocenters. The van der Waals surface area contributed by atoms with E-state index in [1.54, 1.807) is 0 Å². The van der Waals surface area contributed by atoms with Gasteiger partial charge in [0.05, 0.1) is 0 Å². The van der Waals surface area contributed by atoms with Gasteiger partial charge in [-0.15, -0.1) is 0 Å². The summed E-state index contributed by atoms with van der Waals surface area (Å²) < 4.78 is 39.0. The molecule has 6 heteroatoms. The van der Waals surface area contributed by atoms with Crippen LogP contribution >= 0.6 is 0 Å². The van der Waals surface area contributed by atoms with Gasteiger partial charge in [-0.2, -0.15) is 0 Å². The van der Waals surface area contributed by atoms with E-state index in [-0.39, 0.29) is 18.0 Å². The van der Waals surface area contributed by atoms with Gasteiger partial charge in [-0.1, -0.05) is 13.8 Å². The van der Waals surface area contributed by atoms with Crippen molar-refractivity contribution in [2.45, 2.75) is 32.9 Å². The Morgan fingerprint density at radius 2 is 1.79 bits per heavy atom. The fourth-order valence-corrected chi connectivity index (χ4v) is 1.68. The zero-order valence-electron chi connectivity index (χ0n) is 10.7. The second kappa shape index (κ2) is 6.56. The second-order valence-corrected chi connectivity index (χ2v) is 4.76. The average Bonchev–Trinajstić information content (AvgIpc) is 2.29. The summed E-state index contributed by atoms with van der Waals surface area (Å²) in [6.07, 6.45) is 0.362. The lowest BCUT2D eigenvalue weighted by molar-refractivity contribution is -0.140. The van der Waals surface area contributed by atoms with Crippen molar-refractivity contribution in [2.75, 3.05) is 0 Å². The van der Waals surface area contributed by atoms with Crippen LogP contribution in [0.15, 0.2) is 12.1 Å². The summed E-state index contributed by atoms with van der Waals surface area (Å²) in [7, 11) is 0. The van der Waals surface area contributed by atoms with Gasteiger partial charge in [0.15, 0.2) is 11.6 Å². The van der Waals surface area contributed by atoms with Gasteiger partial charge in [0, 0.05) is 18.2 Å². The number of rotatable bonds is 6. The minimum Gasteiger partial charge on any atom is -0.480 e. The van der Waals surface area contributed by atoms with Crippen LogP contribution < -0.4 is 5.32 Å². The van der Waals surface area contributed by atoms with Crippen LogP contribution in [0.4, 0.5) is 13.2 Å². The molecule has 2 N–H and O–H groups in total. The third-order valence-corrected chi connectivity index (χ3v) is 2.63. The number of nitrogens with one attached hydrogen (secondary N) is 1. The molecule has 0 radical (unpaired) electrons. The Kier molecular flexibility index (Phi) is 5.35. The van der Waals surface area contributed by atoms with E-state index in [1.807, 2.05) is 13.8 Å². The highest BCUT2D eigenvalue weighted by molar-refractivity contribution is 5.73. The van der Waals surface area contributed by atoms with Crippen LogP contribution in [-0.2, 0) is 11.3 Å². The maximum absolute atomic E-state index is 13.4. The fraction of sp³-hybridized carbons (Fsp3) is 0.462. The van der Waals surface area contributed by atoms with E-state index in [0.29, 0.717) is 12.5 Å². The van der Waals surface area contributed by atoms with Gasteiger partial charge < -0.3 is 10.4 Å². The van der Waals surface area contributed by atoms with Crippen molar-refractivity contribution in [3.63, 3.8) is 0 Å². The van der Waals surface area contributed by atoms with E-state index in [9.17, 15) is 18.0 Å². The van der Waals surface area contributed by atoms with E-state index in [1.165, 1.54) is 0 Å². The number of hydrogen-bond donors (Lipinski definition) is 2. The maximum atomic E-state index is 13.4. The quantitative estimate of drug-likeness (QED) is 0.785. The van der Waals surface area contributed by atoms with Gasteiger partial charge in [-0.3, -0.25) is 4.79 Å². The molecule has 0 bridgehead atoms. The number of carboxylic acids is 1. The van der Waals surface area contributed by atoms with Crippen molar-refractivity contribution < 1.29 is 23.1 Å². The van der Waals surface area contributed by atoms with Gasteiger partial charge in [-0.25, -0.2) is 13.2 Å². The first kappa shape index (κ1) is 15.5. The summed E-state index contributed by atoms with van der Waals surface area (Å²) in [6.45, 7) is 3.54. The van der Waals surface area contributed by atoms with Gasteiger partial charge in [0.25, 0.3) is 0 Å². The minimum atomic E-state index is -1.27. The summed E-state index contributed by atoms with van der Waals surface area (Å²) in [5, 5.41) is 11.6. The highest BCUT2D eigenvalue weighted by Crippen LogP contribution is 2.14. The fourth-order valence-electron chi connectivity index (χ4n) is 1.68. The van der Waals surface area contributed by atoms with Crippen molar-refractivity contribution in [1.82, 2.24) is 5.32 Å². The first-order valence-electron chi connectivity index (χ1n) is 5.91. The molecule has 0 saturated heterocycles. The lowest BCUT2D eigenvalue weighted by atomic mass is 10.0. The van der Waals surface area contributed by atoms with E-state index in [4.69, 9.17) is 5.11 Å². The third-order valence-electron chi connectivity index (χ3n) is 2.63. The molecule has 0 aliphatic carbocycles. The molecule has 0 amide bonds. The highest BCUT2D eigenvalue weighted by Gasteiger charge is 2.19. The van der Waals surface area contributed by atoms with Crippen LogP contribution in [0.3, 0.4) is 0 Å². The summed E-state index contributed by atoms with van der Waals surface area (Å²) >= 11 is 0. The Labute approximate surface area is 109 Å². The zero-order valence-corrected chi connectivity index (χ0v) is 10.7. The van der Waals surface area contributed by atoms with Gasteiger partial charge in [0.2, 0.25) is 0 Å². The minimum absolute atomic E-state index is 0.103. The normalized spacial score (nSPS) is 12.7. The molecule has 1 aromatic rings. The molecule has 1 rings (SSSR count). The Hall–Kier alpha value is -1.56. The van der Waals surface area contributed by atoms with Gasteiger partial charge in [0.1, 0.15) is 11.9 Å². The molecule has 0 aliphatic rings. The smallest absolute Gasteiger partial charge is 0.320 e. The van der Waals surface area contributed by atoms with Crippen LogP contribution in [0.25, 0.3) is 0 Å². The lowest BCUT2D eigenvalue weighted by Gasteiger charge is -2.16. The molecular weight excluding hydrogens is 259 g/mol. The maximum Gasteiger partial charge on any atom is 0.320 e. The monoisotopic (exact) mass is 275 g/mol. The SMILES string of the molecule is CC(C)C[C@H](NCc1cc(F)c(F)cc1F)C(=O)O. The molecule has 0 aromatic heterocycles. The van der Waals surface area contributed by atoms with Crippen LogP contribution in [-0.4, -0.2) is 17.1 Å². The number of carbonyl (C=O) groups is 1. The topological polar surface area (TPSA) is 49.3 Å². The summed E-state index contributed by atoms with van der Waals surface area (Å²) in [5.41, 5.74) is -0.103. The molecule has 19 heavy (non-hydrogen) atoms. The van der Waals surface area contributed by atoms with Crippen molar-refractivity contribution in [2.24, 2.45) is 5.92 Å². The predicted octanol–water partition coefficient (Wildman–Crippen LogP) is 2.69. The van der Waals surface area contributed by atoms with E-state index < -0.39 is 29.5 Å². The molecule has 106 valence electrons. The Bertz CT molecular complexity index is 463. The Morgan fingerprint density at radius 1 is 1.21 bits per heavy atom. The molecule has 0 saturated carbocycles. The van der Waals surface area contributed by atoms with E-state index in [2.05, 4.69) is 5.32 Å². The second-order valence-electron chi connectivity index (χ2n) is 4.76. The Morgan fingerprint density at radius 3 is 2.32 bits per heavy atom. The van der Waals surface area contributed by atoms with Gasteiger partial charge >= 0.3 is 5.97 Å². The van der Waals surface area contributed by atoms with Crippen LogP contribution in [0, 0.1) is 23.4 Å². The summed E-state index contributed by atoms with van der Waals surface area (Å²) in [5.74, 6) is -4.24. The largest absolute Gasteiger partial charge is 0.480 e. The van der Waals surface area contributed by atoms with E-state index >= 15 is 0 Å². The average molecular weight is 275 g/mol. The first-order chi connectivity index (χ1) is 8.81. The highest BCUT2D eigenvalue weighted by atomic mass is 19.2. The Balaban J connectivity index is 2.74. The van der Waals surface area contributed by atoms with E-state index in [0.717, 1.165) is 6.07 Å². The lowest BCUT2D eigenvalue weighted by Crippen LogP contribution is -2.37. The molecular formula is C13H16F3NO2. The molecule has 0 fully saturated rings. The first-order valence-corrected chi connectivity index (χ1v) is 5.91. The zero-order chi connectivity index (χ0) is 14.6. The number of hydrogen-bond acceptors (Lipinski definition) is 2. The van der Waals surface area contributed by atoms with Crippen LogP contribution in [0.1, 0.15) is 25.8 Å².